The Morgan fingerprint density at radius 1 is 1.56 bits per heavy atom. The van der Waals surface area contributed by atoms with E-state index in [0.29, 0.717) is 5.92 Å². The van der Waals surface area contributed by atoms with Gasteiger partial charge in [-0.25, -0.2) is 0 Å². The highest BCUT2D eigenvalue weighted by Crippen LogP contribution is 2.03. The summed E-state index contributed by atoms with van der Waals surface area (Å²) in [6.45, 7) is 4.22. The second-order valence-electron chi connectivity index (χ2n) is 2.23. The van der Waals surface area contributed by atoms with Gasteiger partial charge in [-0.15, -0.1) is 12.4 Å². The number of halogens is 1. The van der Waals surface area contributed by atoms with Crippen LogP contribution < -0.4 is 5.73 Å². The highest BCUT2D eigenvalue weighted by molar-refractivity contribution is 5.85. The van der Waals surface area contributed by atoms with E-state index >= 15 is 0 Å². The quantitative estimate of drug-likeness (QED) is 0.630. The number of hydrogen-bond donors (Lipinski definition) is 2. The average Bonchev–Trinajstić information content (AvgIpc) is 1.84. The minimum absolute atomic E-state index is 0. The zero-order valence-corrected chi connectivity index (χ0v) is 6.82. The summed E-state index contributed by atoms with van der Waals surface area (Å²) in [7, 11) is 0. The molecule has 0 aromatic carbocycles. The van der Waals surface area contributed by atoms with Gasteiger partial charge in [0.2, 0.25) is 0 Å². The normalized spacial score (nSPS) is 16.0. The van der Waals surface area contributed by atoms with E-state index in [1.54, 1.807) is 0 Å². The molecule has 0 heterocycles. The molecular formula is C6H16ClNO. The van der Waals surface area contributed by atoms with Gasteiger partial charge in [0.1, 0.15) is 0 Å². The molecule has 3 N–H and O–H groups in total. The summed E-state index contributed by atoms with van der Waals surface area (Å²) in [5, 5.41) is 8.51. The van der Waals surface area contributed by atoms with Crippen LogP contribution in [0.3, 0.4) is 0 Å². The molecule has 2 unspecified atom stereocenters. The lowest BCUT2D eigenvalue weighted by molar-refractivity contribution is 0.230. The lowest BCUT2D eigenvalue weighted by Crippen LogP contribution is -2.31. The van der Waals surface area contributed by atoms with E-state index in [0.717, 1.165) is 6.42 Å². The van der Waals surface area contributed by atoms with Crippen LogP contribution in [0.2, 0.25) is 0 Å². The van der Waals surface area contributed by atoms with Crippen LogP contribution in [-0.4, -0.2) is 17.8 Å². The van der Waals surface area contributed by atoms with Crippen molar-refractivity contribution in [3.63, 3.8) is 0 Å². The SMILES string of the molecule is CCC(C)C(N)CO.Cl. The molecule has 0 aliphatic heterocycles. The van der Waals surface area contributed by atoms with Gasteiger partial charge < -0.3 is 10.8 Å². The Morgan fingerprint density at radius 2 is 2.00 bits per heavy atom. The van der Waals surface area contributed by atoms with Crippen LogP contribution in [0.25, 0.3) is 0 Å². The van der Waals surface area contributed by atoms with E-state index < -0.39 is 0 Å². The summed E-state index contributed by atoms with van der Waals surface area (Å²) in [6, 6.07) is -0.0278. The molecule has 0 fully saturated rings. The fourth-order valence-electron chi connectivity index (χ4n) is 0.483. The molecule has 0 rings (SSSR count). The first-order valence-corrected chi connectivity index (χ1v) is 3.08. The second-order valence-corrected chi connectivity index (χ2v) is 2.23. The molecule has 0 saturated carbocycles. The molecule has 3 heteroatoms. The third-order valence-corrected chi connectivity index (χ3v) is 1.59. The first-order valence-electron chi connectivity index (χ1n) is 3.08. The molecule has 0 aliphatic carbocycles. The van der Waals surface area contributed by atoms with Gasteiger partial charge in [0.15, 0.2) is 0 Å². The van der Waals surface area contributed by atoms with Crippen molar-refractivity contribution in [3.05, 3.63) is 0 Å². The molecule has 0 aromatic heterocycles. The minimum atomic E-state index is -0.0278. The van der Waals surface area contributed by atoms with Gasteiger partial charge in [0, 0.05) is 6.04 Å². The summed E-state index contributed by atoms with van der Waals surface area (Å²) in [5.41, 5.74) is 5.48. The van der Waals surface area contributed by atoms with Gasteiger partial charge in [0.05, 0.1) is 6.61 Å². The fraction of sp³-hybridized carbons (Fsp3) is 1.00. The van der Waals surface area contributed by atoms with Crippen molar-refractivity contribution in [3.8, 4) is 0 Å². The number of rotatable bonds is 3. The van der Waals surface area contributed by atoms with Crippen molar-refractivity contribution in [1.82, 2.24) is 0 Å². The first kappa shape index (κ1) is 11.9. The number of hydrogen-bond acceptors (Lipinski definition) is 2. The van der Waals surface area contributed by atoms with E-state index in [-0.39, 0.29) is 25.1 Å². The molecule has 2 nitrogen and oxygen atoms in total. The van der Waals surface area contributed by atoms with E-state index in [9.17, 15) is 0 Å². The molecule has 0 radical (unpaired) electrons. The second kappa shape index (κ2) is 6.33. The summed E-state index contributed by atoms with van der Waals surface area (Å²) in [4.78, 5) is 0. The van der Waals surface area contributed by atoms with Crippen molar-refractivity contribution >= 4 is 12.4 Å². The summed E-state index contributed by atoms with van der Waals surface area (Å²) < 4.78 is 0. The Labute approximate surface area is 62.9 Å². The van der Waals surface area contributed by atoms with Gasteiger partial charge in [-0.2, -0.15) is 0 Å². The predicted octanol–water partition coefficient (Wildman–Crippen LogP) is 0.774. The largest absolute Gasteiger partial charge is 0.395 e. The Kier molecular flexibility index (Phi) is 8.40. The third-order valence-electron chi connectivity index (χ3n) is 1.59. The van der Waals surface area contributed by atoms with Crippen molar-refractivity contribution < 1.29 is 5.11 Å². The average molecular weight is 154 g/mol. The Bertz CT molecular complexity index is 53.0. The standard InChI is InChI=1S/C6H15NO.ClH/c1-3-5(2)6(7)4-8;/h5-6,8H,3-4,7H2,1-2H3;1H. The Hall–Kier alpha value is 0.210. The Morgan fingerprint density at radius 3 is 2.11 bits per heavy atom. The van der Waals surface area contributed by atoms with Crippen LogP contribution in [0, 0.1) is 5.92 Å². The first-order chi connectivity index (χ1) is 3.72. The Balaban J connectivity index is 0. The predicted molar refractivity (Wildman–Crippen MR) is 41.8 cm³/mol. The lowest BCUT2D eigenvalue weighted by Gasteiger charge is -2.14. The van der Waals surface area contributed by atoms with E-state index in [4.69, 9.17) is 10.8 Å². The molecule has 0 bridgehead atoms. The van der Waals surface area contributed by atoms with Crippen molar-refractivity contribution in [2.75, 3.05) is 6.61 Å². The van der Waals surface area contributed by atoms with Crippen LogP contribution in [-0.2, 0) is 0 Å². The maximum absolute atomic E-state index is 8.51. The van der Waals surface area contributed by atoms with Gasteiger partial charge in [0.25, 0.3) is 0 Å². The van der Waals surface area contributed by atoms with E-state index in [2.05, 4.69) is 6.92 Å². The van der Waals surface area contributed by atoms with Crippen molar-refractivity contribution in [2.45, 2.75) is 26.3 Å². The third kappa shape index (κ3) is 4.70. The van der Waals surface area contributed by atoms with Crippen molar-refractivity contribution in [1.29, 1.82) is 0 Å². The molecular weight excluding hydrogens is 138 g/mol. The summed E-state index contributed by atoms with van der Waals surface area (Å²) in [5.74, 6) is 0.444. The van der Waals surface area contributed by atoms with Crippen molar-refractivity contribution in [2.24, 2.45) is 11.7 Å². The monoisotopic (exact) mass is 153 g/mol. The minimum Gasteiger partial charge on any atom is -0.395 e. The molecule has 0 aliphatic rings. The van der Waals surface area contributed by atoms with Gasteiger partial charge in [-0.05, 0) is 5.92 Å². The van der Waals surface area contributed by atoms with Crippen LogP contribution in [0.15, 0.2) is 0 Å². The molecule has 0 saturated heterocycles. The molecule has 58 valence electrons. The van der Waals surface area contributed by atoms with Gasteiger partial charge in [-0.3, -0.25) is 0 Å². The van der Waals surface area contributed by atoms with Crippen LogP contribution in [0.5, 0.6) is 0 Å². The molecule has 0 amide bonds. The smallest absolute Gasteiger partial charge is 0.0585 e. The number of aliphatic hydroxyl groups excluding tert-OH is 1. The highest BCUT2D eigenvalue weighted by Gasteiger charge is 2.07. The topological polar surface area (TPSA) is 46.2 Å². The number of nitrogens with two attached hydrogens (primary N) is 1. The van der Waals surface area contributed by atoms with Crippen LogP contribution in [0.4, 0.5) is 0 Å². The molecule has 9 heavy (non-hydrogen) atoms. The molecule has 0 spiro atoms. The van der Waals surface area contributed by atoms with Crippen LogP contribution in [0.1, 0.15) is 20.3 Å². The summed E-state index contributed by atoms with van der Waals surface area (Å²) >= 11 is 0. The fourth-order valence-corrected chi connectivity index (χ4v) is 0.483. The number of aliphatic hydroxyl groups is 1. The molecule has 0 aromatic rings. The van der Waals surface area contributed by atoms with Gasteiger partial charge in [-0.1, -0.05) is 20.3 Å². The zero-order chi connectivity index (χ0) is 6.57. The highest BCUT2D eigenvalue weighted by atomic mass is 35.5. The van der Waals surface area contributed by atoms with E-state index in [1.165, 1.54) is 0 Å². The maximum atomic E-state index is 8.51. The zero-order valence-electron chi connectivity index (χ0n) is 6.00. The maximum Gasteiger partial charge on any atom is 0.0585 e. The van der Waals surface area contributed by atoms with E-state index in [1.807, 2.05) is 6.92 Å². The molecule has 2 atom stereocenters. The lowest BCUT2D eigenvalue weighted by atomic mass is 10.0. The van der Waals surface area contributed by atoms with Crippen LogP contribution >= 0.6 is 12.4 Å². The summed E-state index contributed by atoms with van der Waals surface area (Å²) in [6.07, 6.45) is 1.04. The van der Waals surface area contributed by atoms with Gasteiger partial charge >= 0.3 is 0 Å².